The lowest BCUT2D eigenvalue weighted by atomic mass is 9.45. The van der Waals surface area contributed by atoms with Gasteiger partial charge in [0.25, 0.3) is 0 Å². The normalized spacial score (nSPS) is 13.7. The highest BCUT2D eigenvalue weighted by Crippen LogP contribution is 2.51. The van der Waals surface area contributed by atoms with Crippen LogP contribution in [-0.4, -0.2) is 15.9 Å². The molecule has 0 unspecified atom stereocenters. The molecule has 0 bridgehead atoms. The first-order valence-electron chi connectivity index (χ1n) is 23.5. The first-order chi connectivity index (χ1) is 30.3. The summed E-state index contributed by atoms with van der Waals surface area (Å²) in [5.74, 6) is 0. The molecule has 4 heterocycles. The van der Waals surface area contributed by atoms with Gasteiger partial charge in [-0.25, -0.2) is 0 Å². The second-order valence-electron chi connectivity index (χ2n) is 23.1. The van der Waals surface area contributed by atoms with E-state index in [9.17, 15) is 0 Å². The lowest BCUT2D eigenvalue weighted by molar-refractivity contribution is 0.589. The molecule has 2 nitrogen and oxygen atoms in total. The number of fused-ring (bicyclic) bond motifs is 7. The molecule has 2 aromatic heterocycles. The third-order valence-electron chi connectivity index (χ3n) is 14.5. The molecular formula is C61H61BN2. The molecular weight excluding hydrogens is 771 g/mol. The zero-order valence-electron chi connectivity index (χ0n) is 40.0. The van der Waals surface area contributed by atoms with Crippen LogP contribution in [0.2, 0.25) is 0 Å². The number of rotatable bonds is 4. The minimum Gasteiger partial charge on any atom is -0.375 e. The number of hydrogen-bond donors (Lipinski definition) is 0. The van der Waals surface area contributed by atoms with Gasteiger partial charge >= 0.3 is 6.85 Å². The lowest BCUT2D eigenvalue weighted by Gasteiger charge is -2.37. The molecule has 2 aliphatic heterocycles. The van der Waals surface area contributed by atoms with Crippen LogP contribution in [0.5, 0.6) is 0 Å². The highest BCUT2D eigenvalue weighted by atomic mass is 15.0. The van der Waals surface area contributed by atoms with Crippen LogP contribution in [0.25, 0.3) is 71.9 Å². The quantitative estimate of drug-likeness (QED) is 0.156. The van der Waals surface area contributed by atoms with Gasteiger partial charge in [-0.15, -0.1) is 0 Å². The molecule has 0 amide bonds. The van der Waals surface area contributed by atoms with E-state index in [0.29, 0.717) is 0 Å². The zero-order chi connectivity index (χ0) is 44.8. The van der Waals surface area contributed by atoms with Gasteiger partial charge in [-0.1, -0.05) is 186 Å². The monoisotopic (exact) mass is 832 g/mol. The van der Waals surface area contributed by atoms with Crippen molar-refractivity contribution in [2.45, 2.75) is 111 Å². The molecule has 0 atom stereocenters. The Hall–Kier alpha value is -6.06. The average Bonchev–Trinajstić information content (AvgIpc) is 3.76. The maximum absolute atomic E-state index is 2.83. The van der Waals surface area contributed by atoms with Gasteiger partial charge in [0.15, 0.2) is 0 Å². The maximum atomic E-state index is 2.83. The molecule has 0 radical (unpaired) electrons. The number of hydrogen-bond acceptors (Lipinski definition) is 0. The molecule has 11 rings (SSSR count). The van der Waals surface area contributed by atoms with E-state index in [1.54, 1.807) is 0 Å². The molecule has 3 heteroatoms. The Morgan fingerprint density at radius 3 is 1.69 bits per heavy atom. The third kappa shape index (κ3) is 6.13. The van der Waals surface area contributed by atoms with Crippen molar-refractivity contribution in [1.82, 2.24) is 9.05 Å². The minimum atomic E-state index is -0.0769. The fraction of sp³-hybridized carbons (Fsp3) is 0.279. The van der Waals surface area contributed by atoms with Gasteiger partial charge < -0.3 is 9.05 Å². The third-order valence-corrected chi connectivity index (χ3v) is 14.5. The van der Waals surface area contributed by atoms with Crippen LogP contribution >= 0.6 is 0 Å². The van der Waals surface area contributed by atoms with E-state index in [1.807, 2.05) is 0 Å². The first-order valence-corrected chi connectivity index (χ1v) is 23.5. The summed E-state index contributed by atoms with van der Waals surface area (Å²) in [6.07, 6.45) is 0.850. The Bertz CT molecular complexity index is 3370. The molecule has 0 saturated heterocycles. The molecule has 7 aromatic carbocycles. The highest BCUT2D eigenvalue weighted by Gasteiger charge is 2.45. The molecule has 64 heavy (non-hydrogen) atoms. The Balaban J connectivity index is 1.39. The highest BCUT2D eigenvalue weighted by molar-refractivity contribution is 6.90. The fourth-order valence-electron chi connectivity index (χ4n) is 11.0. The van der Waals surface area contributed by atoms with E-state index in [0.717, 1.165) is 6.42 Å². The number of benzene rings is 7. The topological polar surface area (TPSA) is 9.86 Å². The molecule has 0 saturated carbocycles. The molecule has 0 aliphatic carbocycles. The van der Waals surface area contributed by atoms with Crippen LogP contribution in [0.15, 0.2) is 140 Å². The fourth-order valence-corrected chi connectivity index (χ4v) is 11.0. The van der Waals surface area contributed by atoms with Crippen molar-refractivity contribution in [2.24, 2.45) is 0 Å². The van der Waals surface area contributed by atoms with E-state index < -0.39 is 0 Å². The predicted octanol–water partition coefficient (Wildman–Crippen LogP) is 14.8. The molecule has 9 aromatic rings. The van der Waals surface area contributed by atoms with Gasteiger partial charge in [0, 0.05) is 49.7 Å². The Morgan fingerprint density at radius 1 is 0.453 bits per heavy atom. The van der Waals surface area contributed by atoms with E-state index in [4.69, 9.17) is 0 Å². The molecule has 0 spiro atoms. The maximum Gasteiger partial charge on any atom is 0.333 e. The van der Waals surface area contributed by atoms with Crippen LogP contribution in [0.4, 0.5) is 0 Å². The van der Waals surface area contributed by atoms with Crippen molar-refractivity contribution < 1.29 is 0 Å². The largest absolute Gasteiger partial charge is 0.375 e. The number of nitrogens with zero attached hydrogens (tertiary/aromatic N) is 2. The summed E-state index contributed by atoms with van der Waals surface area (Å²) in [5, 5.41) is 4.02. The summed E-state index contributed by atoms with van der Waals surface area (Å²) >= 11 is 0. The van der Waals surface area contributed by atoms with Crippen molar-refractivity contribution >= 4 is 50.5 Å². The second-order valence-corrected chi connectivity index (χ2v) is 23.1. The zero-order valence-corrected chi connectivity index (χ0v) is 40.0. The molecule has 318 valence electrons. The van der Waals surface area contributed by atoms with Crippen molar-refractivity contribution in [3.8, 4) is 39.2 Å². The van der Waals surface area contributed by atoms with Crippen LogP contribution in [0.3, 0.4) is 0 Å². The second kappa shape index (κ2) is 13.7. The van der Waals surface area contributed by atoms with Gasteiger partial charge in [0.2, 0.25) is 0 Å². The van der Waals surface area contributed by atoms with E-state index in [2.05, 4.69) is 232 Å². The van der Waals surface area contributed by atoms with Crippen LogP contribution < -0.4 is 10.9 Å². The van der Waals surface area contributed by atoms with Crippen LogP contribution in [0.1, 0.15) is 116 Å². The summed E-state index contributed by atoms with van der Waals surface area (Å²) in [6.45, 7) is 28.4. The van der Waals surface area contributed by atoms with Crippen molar-refractivity contribution in [1.29, 1.82) is 0 Å². The molecule has 2 aliphatic rings. The van der Waals surface area contributed by atoms with Crippen molar-refractivity contribution in [2.75, 3.05) is 0 Å². The van der Waals surface area contributed by atoms with Gasteiger partial charge in [-0.3, -0.25) is 0 Å². The Labute approximate surface area is 381 Å². The van der Waals surface area contributed by atoms with E-state index in [1.165, 1.54) is 116 Å². The smallest absolute Gasteiger partial charge is 0.333 e. The van der Waals surface area contributed by atoms with Crippen LogP contribution in [0, 0.1) is 0 Å². The van der Waals surface area contributed by atoms with E-state index in [-0.39, 0.29) is 28.5 Å². The summed E-state index contributed by atoms with van der Waals surface area (Å²) in [7, 11) is 0. The lowest BCUT2D eigenvalue weighted by Crippen LogP contribution is -2.56. The van der Waals surface area contributed by atoms with Crippen molar-refractivity contribution in [3.63, 3.8) is 0 Å². The van der Waals surface area contributed by atoms with Gasteiger partial charge in [0.1, 0.15) is 0 Å². The summed E-state index contributed by atoms with van der Waals surface area (Å²) in [6, 6.07) is 54.2. The van der Waals surface area contributed by atoms with Gasteiger partial charge in [-0.05, 0) is 120 Å². The van der Waals surface area contributed by atoms with Gasteiger partial charge in [0.05, 0.1) is 11.0 Å². The SMILES string of the molecule is CC(C)(C)c1cc2c3c(c1)-n1c4ccc(C(C)(C)C)cc4c4cc(C(C)(C)C)cc(c41)B3n1c(-c3ccccc3Cc3ccccc3)c(-c3ccccc3)c3cc(C(C)(C)C)cc-2c31. The predicted molar refractivity (Wildman–Crippen MR) is 277 cm³/mol. The van der Waals surface area contributed by atoms with Crippen LogP contribution in [-0.2, 0) is 28.1 Å². The average molecular weight is 833 g/mol. The molecule has 0 N–H and O–H groups in total. The number of aromatic nitrogens is 2. The minimum absolute atomic E-state index is 0.0161. The van der Waals surface area contributed by atoms with E-state index >= 15 is 0 Å². The summed E-state index contributed by atoms with van der Waals surface area (Å²) in [4.78, 5) is 0. The standard InChI is InChI=1S/C61H61BN2/c1-58(2,3)40-27-28-51-45(30-40)47-33-42(60(7,8)9)35-50-56(47)63(51)52-36-43(61(10,11)12)31-46-48-32-41(59(4,5)6)34-49-53(38-23-17-14-18-24-38)57(64(55(48)49)62(50)54(46)52)44-26-20-19-25-39(44)29-37-21-15-13-16-22-37/h13-28,30-36H,29H2,1-12H3. The summed E-state index contributed by atoms with van der Waals surface area (Å²) in [5.41, 5.74) is 23.8. The first kappa shape index (κ1) is 40.7. The van der Waals surface area contributed by atoms with Crippen molar-refractivity contribution in [3.05, 3.63) is 173 Å². The Morgan fingerprint density at radius 2 is 1.02 bits per heavy atom. The molecule has 0 fully saturated rings. The van der Waals surface area contributed by atoms with Gasteiger partial charge in [-0.2, -0.15) is 0 Å². The Kier molecular flexibility index (Phi) is 8.73. The summed E-state index contributed by atoms with van der Waals surface area (Å²) < 4.78 is 5.50.